The van der Waals surface area contributed by atoms with Crippen LogP contribution < -0.4 is 10.1 Å². The van der Waals surface area contributed by atoms with Crippen molar-refractivity contribution in [1.82, 2.24) is 5.32 Å². The van der Waals surface area contributed by atoms with Crippen LogP contribution in [-0.4, -0.2) is 31.3 Å². The van der Waals surface area contributed by atoms with Gasteiger partial charge in [0.2, 0.25) is 5.91 Å². The Kier molecular flexibility index (Phi) is 4.79. The molecule has 1 aromatic carbocycles. The second kappa shape index (κ2) is 6.12. The summed E-state index contributed by atoms with van der Waals surface area (Å²) in [4.78, 5) is 11.4. The summed E-state index contributed by atoms with van der Waals surface area (Å²) < 4.78 is 5.14. The van der Waals surface area contributed by atoms with Crippen molar-refractivity contribution < 1.29 is 14.6 Å². The molecule has 0 aliphatic carbocycles. The van der Waals surface area contributed by atoms with Crippen molar-refractivity contribution in [2.45, 2.75) is 13.3 Å². The molecule has 1 amide bonds. The molecular weight excluding hydrogens is 206 g/mol. The molecule has 0 aliphatic heterocycles. The molecule has 0 saturated heterocycles. The monoisotopic (exact) mass is 223 g/mol. The fourth-order valence-corrected chi connectivity index (χ4v) is 1.49. The van der Waals surface area contributed by atoms with Gasteiger partial charge in [-0.2, -0.15) is 0 Å². The lowest BCUT2D eigenvalue weighted by Gasteiger charge is -2.07. The first-order valence-electron chi connectivity index (χ1n) is 5.18. The molecule has 0 fully saturated rings. The molecule has 0 aliphatic rings. The third kappa shape index (κ3) is 3.55. The van der Waals surface area contributed by atoms with E-state index >= 15 is 0 Å². The van der Waals surface area contributed by atoms with E-state index in [-0.39, 0.29) is 12.5 Å². The topological polar surface area (TPSA) is 58.6 Å². The lowest BCUT2D eigenvalue weighted by atomic mass is 10.1. The van der Waals surface area contributed by atoms with Crippen LogP contribution in [0.5, 0.6) is 5.75 Å². The Morgan fingerprint density at radius 2 is 2.25 bits per heavy atom. The van der Waals surface area contributed by atoms with Gasteiger partial charge in [0.15, 0.2) is 0 Å². The highest BCUT2D eigenvalue weighted by Gasteiger charge is 2.04. The predicted molar refractivity (Wildman–Crippen MR) is 61.5 cm³/mol. The third-order valence-corrected chi connectivity index (χ3v) is 2.26. The van der Waals surface area contributed by atoms with Crippen LogP contribution in [0, 0.1) is 6.92 Å². The molecule has 1 rings (SSSR count). The molecule has 0 heterocycles. The van der Waals surface area contributed by atoms with Gasteiger partial charge in [-0.15, -0.1) is 0 Å². The standard InChI is InChI=1S/C12H17NO3/c1-9-7-10(3-4-11(9)16-2)8-12(15)13-5-6-14/h3-4,7,14H,5-6,8H2,1-2H3,(H,13,15). The summed E-state index contributed by atoms with van der Waals surface area (Å²) in [6.45, 7) is 2.20. The highest BCUT2D eigenvalue weighted by Crippen LogP contribution is 2.18. The number of aliphatic hydroxyl groups excluding tert-OH is 1. The predicted octanol–water partition coefficient (Wildman–Crippen LogP) is 0.655. The lowest BCUT2D eigenvalue weighted by Crippen LogP contribution is -2.27. The first kappa shape index (κ1) is 12.5. The van der Waals surface area contributed by atoms with Gasteiger partial charge in [0.25, 0.3) is 0 Å². The number of benzene rings is 1. The SMILES string of the molecule is COc1ccc(CC(=O)NCCO)cc1C. The lowest BCUT2D eigenvalue weighted by molar-refractivity contribution is -0.120. The van der Waals surface area contributed by atoms with Crippen LogP contribution in [0.1, 0.15) is 11.1 Å². The van der Waals surface area contributed by atoms with Crippen molar-refractivity contribution in [2.75, 3.05) is 20.3 Å². The van der Waals surface area contributed by atoms with Gasteiger partial charge in [-0.3, -0.25) is 4.79 Å². The second-order valence-corrected chi connectivity index (χ2v) is 3.55. The summed E-state index contributed by atoms with van der Waals surface area (Å²) in [6.07, 6.45) is 0.324. The number of ether oxygens (including phenoxy) is 1. The highest BCUT2D eigenvalue weighted by molar-refractivity contribution is 5.78. The van der Waals surface area contributed by atoms with Crippen LogP contribution in [0.15, 0.2) is 18.2 Å². The molecule has 0 unspecified atom stereocenters. The van der Waals surface area contributed by atoms with Gasteiger partial charge >= 0.3 is 0 Å². The Balaban J connectivity index is 2.61. The van der Waals surface area contributed by atoms with Gasteiger partial charge in [-0.25, -0.2) is 0 Å². The molecule has 4 nitrogen and oxygen atoms in total. The molecule has 1 aromatic rings. The first-order valence-corrected chi connectivity index (χ1v) is 5.18. The number of nitrogens with one attached hydrogen (secondary N) is 1. The van der Waals surface area contributed by atoms with E-state index < -0.39 is 0 Å². The number of carbonyl (C=O) groups excluding carboxylic acids is 1. The van der Waals surface area contributed by atoms with E-state index in [1.165, 1.54) is 0 Å². The van der Waals surface area contributed by atoms with E-state index in [0.717, 1.165) is 16.9 Å². The molecule has 0 spiro atoms. The Morgan fingerprint density at radius 3 is 2.81 bits per heavy atom. The van der Waals surface area contributed by atoms with Gasteiger partial charge in [0.05, 0.1) is 20.1 Å². The number of hydrogen-bond donors (Lipinski definition) is 2. The van der Waals surface area contributed by atoms with E-state index in [2.05, 4.69) is 5.32 Å². The van der Waals surface area contributed by atoms with Crippen LogP contribution in [0.3, 0.4) is 0 Å². The molecule has 16 heavy (non-hydrogen) atoms. The average molecular weight is 223 g/mol. The summed E-state index contributed by atoms with van der Waals surface area (Å²) in [7, 11) is 1.62. The Morgan fingerprint density at radius 1 is 1.50 bits per heavy atom. The normalized spacial score (nSPS) is 9.94. The van der Waals surface area contributed by atoms with Crippen LogP contribution >= 0.6 is 0 Å². The summed E-state index contributed by atoms with van der Waals surface area (Å²) in [6, 6.07) is 5.64. The quantitative estimate of drug-likeness (QED) is 0.770. The van der Waals surface area contributed by atoms with Gasteiger partial charge in [0.1, 0.15) is 5.75 Å². The van der Waals surface area contributed by atoms with Crippen molar-refractivity contribution in [3.63, 3.8) is 0 Å². The average Bonchev–Trinajstić information content (AvgIpc) is 2.26. The number of amides is 1. The minimum atomic E-state index is -0.0846. The van der Waals surface area contributed by atoms with Crippen molar-refractivity contribution in [3.05, 3.63) is 29.3 Å². The smallest absolute Gasteiger partial charge is 0.224 e. The molecule has 88 valence electrons. The molecule has 0 aromatic heterocycles. The number of hydrogen-bond acceptors (Lipinski definition) is 3. The number of rotatable bonds is 5. The van der Waals surface area contributed by atoms with Crippen molar-refractivity contribution in [3.8, 4) is 5.75 Å². The number of aryl methyl sites for hydroxylation is 1. The zero-order valence-electron chi connectivity index (χ0n) is 9.62. The first-order chi connectivity index (χ1) is 7.67. The Labute approximate surface area is 95.2 Å². The maximum absolute atomic E-state index is 11.4. The van der Waals surface area contributed by atoms with E-state index in [9.17, 15) is 4.79 Å². The fraction of sp³-hybridized carbons (Fsp3) is 0.417. The van der Waals surface area contributed by atoms with Crippen LogP contribution in [0.2, 0.25) is 0 Å². The van der Waals surface area contributed by atoms with Gasteiger partial charge in [-0.05, 0) is 24.1 Å². The van der Waals surface area contributed by atoms with E-state index in [4.69, 9.17) is 9.84 Å². The molecule has 4 heteroatoms. The maximum atomic E-state index is 11.4. The number of carbonyl (C=O) groups is 1. The van der Waals surface area contributed by atoms with Gasteiger partial charge in [-0.1, -0.05) is 12.1 Å². The van der Waals surface area contributed by atoms with Crippen LogP contribution in [-0.2, 0) is 11.2 Å². The highest BCUT2D eigenvalue weighted by atomic mass is 16.5. The molecular formula is C12H17NO3. The Bertz CT molecular complexity index is 363. The molecule has 0 radical (unpaired) electrons. The summed E-state index contributed by atoms with van der Waals surface area (Å²) in [5, 5.41) is 11.2. The number of methoxy groups -OCH3 is 1. The van der Waals surface area contributed by atoms with Crippen molar-refractivity contribution in [1.29, 1.82) is 0 Å². The minimum Gasteiger partial charge on any atom is -0.496 e. The van der Waals surface area contributed by atoms with Gasteiger partial charge in [0, 0.05) is 6.54 Å². The largest absolute Gasteiger partial charge is 0.496 e. The maximum Gasteiger partial charge on any atom is 0.224 e. The summed E-state index contributed by atoms with van der Waals surface area (Å²) >= 11 is 0. The number of aliphatic hydroxyl groups is 1. The Hall–Kier alpha value is -1.55. The second-order valence-electron chi connectivity index (χ2n) is 3.55. The van der Waals surface area contributed by atoms with Gasteiger partial charge < -0.3 is 15.2 Å². The zero-order valence-corrected chi connectivity index (χ0v) is 9.62. The van der Waals surface area contributed by atoms with E-state index in [1.807, 2.05) is 25.1 Å². The molecule has 0 bridgehead atoms. The molecule has 0 atom stereocenters. The fourth-order valence-electron chi connectivity index (χ4n) is 1.49. The molecule has 0 saturated carbocycles. The van der Waals surface area contributed by atoms with Crippen molar-refractivity contribution in [2.24, 2.45) is 0 Å². The molecule has 2 N–H and O–H groups in total. The van der Waals surface area contributed by atoms with Crippen molar-refractivity contribution >= 4 is 5.91 Å². The minimum absolute atomic E-state index is 0.0343. The van der Waals surface area contributed by atoms with Crippen LogP contribution in [0.25, 0.3) is 0 Å². The summed E-state index contributed by atoms with van der Waals surface area (Å²) in [5.41, 5.74) is 1.95. The zero-order chi connectivity index (χ0) is 12.0. The third-order valence-electron chi connectivity index (χ3n) is 2.26. The van der Waals surface area contributed by atoms with Crippen LogP contribution in [0.4, 0.5) is 0 Å². The summed E-state index contributed by atoms with van der Waals surface area (Å²) in [5.74, 6) is 0.734. The van der Waals surface area contributed by atoms with E-state index in [0.29, 0.717) is 13.0 Å². The van der Waals surface area contributed by atoms with E-state index in [1.54, 1.807) is 7.11 Å².